The van der Waals surface area contributed by atoms with Gasteiger partial charge in [0.1, 0.15) is 0 Å². The largest absolute Gasteiger partial charge is 0.156 e. The van der Waals surface area contributed by atoms with Crippen molar-refractivity contribution in [2.45, 2.75) is 22.7 Å². The Balaban J connectivity index is 1.52. The van der Waals surface area contributed by atoms with Crippen LogP contribution in [0, 0.1) is 0 Å². The van der Waals surface area contributed by atoms with Crippen LogP contribution in [0.5, 0.6) is 0 Å². The first kappa shape index (κ1) is 10.3. The maximum atomic E-state index is 2.11. The lowest BCUT2D eigenvalue weighted by atomic mass is 10.4. The SMILES string of the molecule is C1CSSC(SSCC2CS2)C1. The molecular formula is C7H12S5. The van der Waals surface area contributed by atoms with Gasteiger partial charge in [0.15, 0.2) is 0 Å². The molecule has 2 atom stereocenters. The number of hydrogen-bond acceptors (Lipinski definition) is 5. The van der Waals surface area contributed by atoms with Gasteiger partial charge in [-0.15, -0.1) is 0 Å². The third-order valence-electron chi connectivity index (χ3n) is 1.67. The van der Waals surface area contributed by atoms with E-state index in [1.54, 1.807) is 0 Å². The van der Waals surface area contributed by atoms with E-state index in [4.69, 9.17) is 0 Å². The molecule has 5 heteroatoms. The van der Waals surface area contributed by atoms with Crippen molar-refractivity contribution in [3.63, 3.8) is 0 Å². The second-order valence-corrected chi connectivity index (χ2v) is 9.76. The second-order valence-electron chi connectivity index (χ2n) is 2.83. The van der Waals surface area contributed by atoms with E-state index in [2.05, 4.69) is 54.9 Å². The Morgan fingerprint density at radius 3 is 3.00 bits per heavy atom. The molecule has 2 fully saturated rings. The van der Waals surface area contributed by atoms with E-state index in [1.165, 1.54) is 30.1 Å². The van der Waals surface area contributed by atoms with Crippen LogP contribution < -0.4 is 0 Å². The van der Waals surface area contributed by atoms with Gasteiger partial charge < -0.3 is 0 Å². The summed E-state index contributed by atoms with van der Waals surface area (Å²) in [6, 6.07) is 0. The Hall–Kier alpha value is 1.75. The molecule has 0 nitrogen and oxygen atoms in total. The number of rotatable bonds is 4. The van der Waals surface area contributed by atoms with Crippen LogP contribution in [0.1, 0.15) is 12.8 Å². The molecule has 0 bridgehead atoms. The topological polar surface area (TPSA) is 0 Å². The van der Waals surface area contributed by atoms with E-state index in [1.807, 2.05) is 0 Å². The summed E-state index contributed by atoms with van der Waals surface area (Å²) >= 11 is 2.11. The Labute approximate surface area is 94.3 Å². The van der Waals surface area contributed by atoms with Crippen molar-refractivity contribution in [2.75, 3.05) is 17.3 Å². The Morgan fingerprint density at radius 1 is 1.42 bits per heavy atom. The van der Waals surface area contributed by atoms with Crippen LogP contribution in [0.4, 0.5) is 0 Å². The minimum absolute atomic E-state index is 0.873. The van der Waals surface area contributed by atoms with Gasteiger partial charge in [-0.05, 0) is 12.8 Å². The van der Waals surface area contributed by atoms with Crippen LogP contribution in [-0.2, 0) is 0 Å². The summed E-state index contributed by atoms with van der Waals surface area (Å²) < 4.78 is 0.873. The fraction of sp³-hybridized carbons (Fsp3) is 1.00. The van der Waals surface area contributed by atoms with Crippen LogP contribution in [0.15, 0.2) is 0 Å². The summed E-state index contributed by atoms with van der Waals surface area (Å²) in [5.41, 5.74) is 0. The summed E-state index contributed by atoms with van der Waals surface area (Å²) in [7, 11) is 8.35. The fourth-order valence-electron chi connectivity index (χ4n) is 0.901. The van der Waals surface area contributed by atoms with Crippen molar-refractivity contribution < 1.29 is 0 Å². The Morgan fingerprint density at radius 2 is 2.33 bits per heavy atom. The zero-order valence-electron chi connectivity index (χ0n) is 6.73. The highest BCUT2D eigenvalue weighted by molar-refractivity contribution is 8.85. The molecule has 0 N–H and O–H groups in total. The Bertz CT molecular complexity index is 130. The zero-order valence-corrected chi connectivity index (χ0v) is 10.8. The molecule has 0 amide bonds. The third kappa shape index (κ3) is 3.86. The van der Waals surface area contributed by atoms with Gasteiger partial charge in [0.25, 0.3) is 0 Å². The summed E-state index contributed by atoms with van der Waals surface area (Å²) in [4.78, 5) is 0. The maximum Gasteiger partial charge on any atom is 0.0709 e. The van der Waals surface area contributed by atoms with Crippen LogP contribution >= 0.6 is 54.9 Å². The maximum absolute atomic E-state index is 2.11. The number of thioether (sulfide) groups is 1. The molecule has 0 aromatic carbocycles. The lowest BCUT2D eigenvalue weighted by molar-refractivity contribution is 0.881. The molecule has 70 valence electrons. The smallest absolute Gasteiger partial charge is 0.0709 e. The third-order valence-corrected chi connectivity index (χ3v) is 9.45. The molecule has 2 heterocycles. The summed E-state index contributed by atoms with van der Waals surface area (Å²) in [6.07, 6.45) is 2.85. The van der Waals surface area contributed by atoms with Crippen LogP contribution in [0.2, 0.25) is 0 Å². The summed E-state index contributed by atoms with van der Waals surface area (Å²) in [5.74, 6) is 4.15. The molecule has 12 heavy (non-hydrogen) atoms. The van der Waals surface area contributed by atoms with E-state index in [-0.39, 0.29) is 0 Å². The fourth-order valence-corrected chi connectivity index (χ4v) is 8.85. The molecule has 0 aromatic heterocycles. The molecule has 2 rings (SSSR count). The first-order chi connectivity index (χ1) is 5.95. The normalized spacial score (nSPS) is 35.0. The molecule has 0 spiro atoms. The van der Waals surface area contributed by atoms with Crippen molar-refractivity contribution in [3.05, 3.63) is 0 Å². The van der Waals surface area contributed by atoms with Crippen molar-refractivity contribution >= 4 is 54.9 Å². The first-order valence-corrected chi connectivity index (χ1v) is 9.94. The average molecular weight is 257 g/mol. The zero-order chi connectivity index (χ0) is 8.23. The van der Waals surface area contributed by atoms with E-state index in [0.29, 0.717) is 0 Å². The average Bonchev–Trinajstić information content (AvgIpc) is 2.90. The quantitative estimate of drug-likeness (QED) is 0.549. The van der Waals surface area contributed by atoms with Gasteiger partial charge in [-0.3, -0.25) is 0 Å². The van der Waals surface area contributed by atoms with Crippen molar-refractivity contribution in [1.29, 1.82) is 0 Å². The molecule has 0 radical (unpaired) electrons. The predicted molar refractivity (Wildman–Crippen MR) is 69.4 cm³/mol. The van der Waals surface area contributed by atoms with Gasteiger partial charge >= 0.3 is 0 Å². The van der Waals surface area contributed by atoms with Gasteiger partial charge in [-0.25, -0.2) is 0 Å². The van der Waals surface area contributed by atoms with Gasteiger partial charge in [0, 0.05) is 22.5 Å². The van der Waals surface area contributed by atoms with Crippen LogP contribution in [-0.4, -0.2) is 27.1 Å². The van der Waals surface area contributed by atoms with Crippen LogP contribution in [0.25, 0.3) is 0 Å². The molecule has 2 saturated heterocycles. The molecule has 0 saturated carbocycles. The Kier molecular flexibility index (Phi) is 4.78. The minimum atomic E-state index is 0.873. The second kappa shape index (κ2) is 5.59. The highest BCUT2D eigenvalue weighted by Crippen LogP contribution is 2.47. The van der Waals surface area contributed by atoms with Gasteiger partial charge in [0.2, 0.25) is 0 Å². The summed E-state index contributed by atoms with van der Waals surface area (Å²) in [5, 5.41) is 1.00. The van der Waals surface area contributed by atoms with Gasteiger partial charge in [-0.2, -0.15) is 11.8 Å². The van der Waals surface area contributed by atoms with Gasteiger partial charge in [0.05, 0.1) is 4.58 Å². The first-order valence-electron chi connectivity index (χ1n) is 4.13. The van der Waals surface area contributed by atoms with E-state index in [0.717, 1.165) is 9.83 Å². The van der Waals surface area contributed by atoms with Gasteiger partial charge in [-0.1, -0.05) is 43.2 Å². The molecular weight excluding hydrogens is 244 g/mol. The molecule has 0 aromatic rings. The van der Waals surface area contributed by atoms with E-state index >= 15 is 0 Å². The predicted octanol–water partition coefficient (Wildman–Crippen LogP) is 3.98. The lowest BCUT2D eigenvalue weighted by Gasteiger charge is -2.18. The molecule has 0 aliphatic carbocycles. The minimum Gasteiger partial charge on any atom is -0.156 e. The highest BCUT2D eigenvalue weighted by Gasteiger charge is 2.23. The van der Waals surface area contributed by atoms with Crippen molar-refractivity contribution in [2.24, 2.45) is 0 Å². The molecule has 2 aliphatic heterocycles. The molecule has 2 aliphatic rings. The van der Waals surface area contributed by atoms with Crippen molar-refractivity contribution in [1.82, 2.24) is 0 Å². The van der Waals surface area contributed by atoms with E-state index < -0.39 is 0 Å². The lowest BCUT2D eigenvalue weighted by Crippen LogP contribution is -2.00. The highest BCUT2D eigenvalue weighted by atomic mass is 33.1. The molecule has 2 unspecified atom stereocenters. The van der Waals surface area contributed by atoms with E-state index in [9.17, 15) is 0 Å². The van der Waals surface area contributed by atoms with Crippen LogP contribution in [0.3, 0.4) is 0 Å². The monoisotopic (exact) mass is 256 g/mol. The summed E-state index contributed by atoms with van der Waals surface area (Å²) in [6.45, 7) is 0. The number of hydrogen-bond donors (Lipinski definition) is 0. The van der Waals surface area contributed by atoms with Crippen molar-refractivity contribution in [3.8, 4) is 0 Å². The standard InChI is InChI=1S/C7H12S5/c1-2-7(11-9-3-1)12-10-5-6-4-8-6/h6-7H,1-5H2.